The highest BCUT2D eigenvalue weighted by Crippen LogP contribution is 2.46. The molecule has 1 unspecified atom stereocenters. The second kappa shape index (κ2) is 18.7. The molecule has 14 nitrogen and oxygen atoms in total. The second-order valence-electron chi connectivity index (χ2n) is 15.4. The van der Waals surface area contributed by atoms with Crippen LogP contribution < -0.4 is 10.6 Å². The van der Waals surface area contributed by atoms with E-state index in [1.807, 2.05) is 26.1 Å². The maximum Gasteiger partial charge on any atom is 0.414 e. The SMILES string of the molecule is CC(NC(=O)OC[C@H](c1ccc(Cl)c(-n2ncnc2C(F)F)c1)N1C(=O)[C@@](CC(C)(C)C)(c2ccc(-c3cnn(C(F)F)c3)cc2)N=C1NC(=O)OCc1ccccc1)C(F)F. The van der Waals surface area contributed by atoms with E-state index in [2.05, 4.69) is 20.5 Å². The number of alkyl carbamates (subject to hydrolysis) is 2. The van der Waals surface area contributed by atoms with Crippen LogP contribution in [0, 0.1) is 5.41 Å². The van der Waals surface area contributed by atoms with E-state index in [9.17, 15) is 35.9 Å². The summed E-state index contributed by atoms with van der Waals surface area (Å²) in [6, 6.07) is 15.9. The van der Waals surface area contributed by atoms with E-state index in [0.29, 0.717) is 26.9 Å². The Morgan fingerprint density at radius 2 is 1.61 bits per heavy atom. The summed E-state index contributed by atoms with van der Waals surface area (Å²) in [5.74, 6) is -1.93. The third-order valence-electron chi connectivity index (χ3n) is 9.57. The Kier molecular flexibility index (Phi) is 13.6. The number of aromatic nitrogens is 5. The van der Waals surface area contributed by atoms with Crippen molar-refractivity contribution < 1.29 is 50.2 Å². The first-order chi connectivity index (χ1) is 29.4. The Morgan fingerprint density at radius 3 is 2.24 bits per heavy atom. The molecule has 0 radical (unpaired) electrons. The van der Waals surface area contributed by atoms with Crippen LogP contribution in [0.3, 0.4) is 0 Å². The lowest BCUT2D eigenvalue weighted by atomic mass is 9.75. The largest absolute Gasteiger partial charge is 0.447 e. The third kappa shape index (κ3) is 10.2. The lowest BCUT2D eigenvalue weighted by Crippen LogP contribution is -2.50. The Labute approximate surface area is 355 Å². The number of ether oxygens (including phenoxy) is 2. The highest BCUT2D eigenvalue weighted by atomic mass is 35.5. The number of nitrogens with one attached hydrogen (secondary N) is 2. The van der Waals surface area contributed by atoms with Crippen LogP contribution >= 0.6 is 11.6 Å². The molecule has 2 aromatic heterocycles. The fourth-order valence-electron chi connectivity index (χ4n) is 6.76. The molecule has 0 aliphatic carbocycles. The predicted octanol–water partition coefficient (Wildman–Crippen LogP) is 8.99. The van der Waals surface area contributed by atoms with Crippen molar-refractivity contribution in [1.29, 1.82) is 0 Å². The van der Waals surface area contributed by atoms with Crippen LogP contribution in [0.2, 0.25) is 5.02 Å². The van der Waals surface area contributed by atoms with Gasteiger partial charge in [0.25, 0.3) is 18.8 Å². The van der Waals surface area contributed by atoms with Gasteiger partial charge in [-0.2, -0.15) is 19.0 Å². The van der Waals surface area contributed by atoms with Crippen LogP contribution in [0.5, 0.6) is 0 Å². The number of hydrogen-bond acceptors (Lipinski definition) is 9. The quantitative estimate of drug-likeness (QED) is 0.105. The minimum Gasteiger partial charge on any atom is -0.447 e. The van der Waals surface area contributed by atoms with Crippen LogP contribution in [0.1, 0.15) is 75.6 Å². The van der Waals surface area contributed by atoms with E-state index >= 15 is 4.79 Å². The van der Waals surface area contributed by atoms with E-state index in [0.717, 1.165) is 29.0 Å². The smallest absolute Gasteiger partial charge is 0.414 e. The first kappa shape index (κ1) is 45.1. The molecule has 0 bridgehead atoms. The average molecular weight is 888 g/mol. The average Bonchev–Trinajstić information content (AvgIpc) is 3.98. The van der Waals surface area contributed by atoms with Crippen molar-refractivity contribution >= 4 is 35.7 Å². The topological polar surface area (TPSA) is 158 Å². The maximum absolute atomic E-state index is 15.5. The van der Waals surface area contributed by atoms with Crippen LogP contribution in [0.4, 0.5) is 35.9 Å². The fraction of sp³-hybridized carbons (Fsp3) is 0.341. The van der Waals surface area contributed by atoms with Crippen LogP contribution in [-0.4, -0.2) is 72.6 Å². The highest BCUT2D eigenvalue weighted by Gasteiger charge is 2.54. The number of nitrogens with zero attached hydrogens (tertiary/aromatic N) is 7. The second-order valence-corrected chi connectivity index (χ2v) is 15.8. The zero-order chi connectivity index (χ0) is 44.9. The molecule has 0 saturated heterocycles. The number of halogens is 7. The van der Waals surface area contributed by atoms with E-state index in [1.54, 1.807) is 54.6 Å². The fourth-order valence-corrected chi connectivity index (χ4v) is 6.96. The summed E-state index contributed by atoms with van der Waals surface area (Å²) >= 11 is 6.51. The molecule has 328 valence electrons. The van der Waals surface area contributed by atoms with Gasteiger partial charge in [-0.15, -0.1) is 0 Å². The minimum atomic E-state index is -3.09. The van der Waals surface area contributed by atoms with Gasteiger partial charge < -0.3 is 14.8 Å². The Balaban J connectivity index is 1.49. The zero-order valence-corrected chi connectivity index (χ0v) is 34.2. The number of aliphatic imine (C=N–C) groups is 1. The Hall–Kier alpha value is -6.44. The number of hydrogen-bond donors (Lipinski definition) is 2. The van der Waals surface area contributed by atoms with Crippen molar-refractivity contribution in [2.75, 3.05) is 6.61 Å². The molecule has 3 atom stereocenters. The van der Waals surface area contributed by atoms with Gasteiger partial charge >= 0.3 is 18.7 Å². The number of alkyl halides is 6. The molecule has 3 amide bonds. The van der Waals surface area contributed by atoms with Gasteiger partial charge in [-0.3, -0.25) is 15.0 Å². The number of carbonyl (C=O) groups is 3. The number of rotatable bonds is 14. The molecular weight excluding hydrogens is 848 g/mol. The number of amides is 3. The molecule has 3 aromatic carbocycles. The maximum atomic E-state index is 15.5. The molecule has 1 aliphatic heterocycles. The van der Waals surface area contributed by atoms with E-state index in [-0.39, 0.29) is 35.3 Å². The van der Waals surface area contributed by atoms with Crippen molar-refractivity contribution in [1.82, 2.24) is 40.1 Å². The standard InChI is InChI=1S/C41H40ClF6N9O5/c1-23(32(43)44)52-38(59)62-20-31(26-12-15-29(42)30(16-26)57-34(33(45)46)49-22-51-57)56-35(58)41(21-40(2,3)4,54-37(56)53-39(60)61-19-24-8-6-5-7-9-24)28-13-10-25(11-14-28)27-17-50-55(18-27)36(47)48/h5-18,22-23,31-33,36H,19-21H2,1-4H3,(H,52,59)(H,53,54,60)/t23?,31-,41-/m1/s1. The number of guanidine groups is 1. The van der Waals surface area contributed by atoms with Crippen molar-refractivity contribution in [3.63, 3.8) is 0 Å². The highest BCUT2D eigenvalue weighted by molar-refractivity contribution is 6.32. The lowest BCUT2D eigenvalue weighted by Gasteiger charge is -2.35. The summed E-state index contributed by atoms with van der Waals surface area (Å²) < 4.78 is 93.9. The molecular formula is C41H40ClF6N9O5. The minimum absolute atomic E-state index is 0.00915. The first-order valence-corrected chi connectivity index (χ1v) is 19.3. The molecule has 2 N–H and O–H groups in total. The molecule has 6 rings (SSSR count). The summed E-state index contributed by atoms with van der Waals surface area (Å²) in [5.41, 5.74) is -0.809. The number of carbonyl (C=O) groups excluding carboxylic acids is 3. The van der Waals surface area contributed by atoms with Gasteiger partial charge in [0.05, 0.1) is 29.0 Å². The molecule has 21 heteroatoms. The molecule has 0 fully saturated rings. The Bertz CT molecular complexity index is 2410. The van der Waals surface area contributed by atoms with Gasteiger partial charge in [0, 0.05) is 11.8 Å². The van der Waals surface area contributed by atoms with Crippen LogP contribution in [0.15, 0.2) is 96.5 Å². The summed E-state index contributed by atoms with van der Waals surface area (Å²) in [4.78, 5) is 51.6. The third-order valence-corrected chi connectivity index (χ3v) is 9.89. The predicted molar refractivity (Wildman–Crippen MR) is 213 cm³/mol. The summed E-state index contributed by atoms with van der Waals surface area (Å²) in [5, 5.41) is 12.1. The van der Waals surface area contributed by atoms with E-state index < -0.39 is 73.0 Å². The summed E-state index contributed by atoms with van der Waals surface area (Å²) in [7, 11) is 0. The van der Waals surface area contributed by atoms with Crippen molar-refractivity contribution in [2.24, 2.45) is 10.4 Å². The van der Waals surface area contributed by atoms with Gasteiger partial charge in [-0.05, 0) is 53.1 Å². The molecule has 0 spiro atoms. The van der Waals surface area contributed by atoms with Gasteiger partial charge in [0.15, 0.2) is 11.4 Å². The first-order valence-electron chi connectivity index (χ1n) is 18.9. The van der Waals surface area contributed by atoms with Crippen molar-refractivity contribution in [3.05, 3.63) is 119 Å². The summed E-state index contributed by atoms with van der Waals surface area (Å²) in [6.45, 7) is 2.73. The van der Waals surface area contributed by atoms with Crippen LogP contribution in [0.25, 0.3) is 16.8 Å². The number of benzene rings is 3. The van der Waals surface area contributed by atoms with Gasteiger partial charge in [0.1, 0.15) is 19.5 Å². The van der Waals surface area contributed by atoms with E-state index in [1.165, 1.54) is 24.4 Å². The lowest BCUT2D eigenvalue weighted by molar-refractivity contribution is -0.135. The van der Waals surface area contributed by atoms with Crippen LogP contribution in [-0.2, 0) is 26.4 Å². The molecule has 0 saturated carbocycles. The Morgan fingerprint density at radius 1 is 0.903 bits per heavy atom. The monoisotopic (exact) mass is 887 g/mol. The van der Waals surface area contributed by atoms with Crippen molar-refractivity contribution in [2.45, 2.75) is 77.7 Å². The molecule has 5 aromatic rings. The molecule has 3 heterocycles. The van der Waals surface area contributed by atoms with Gasteiger partial charge in [-0.1, -0.05) is 93.0 Å². The van der Waals surface area contributed by atoms with Gasteiger partial charge in [-0.25, -0.2) is 46.5 Å². The molecule has 1 aliphatic rings. The van der Waals surface area contributed by atoms with Crippen molar-refractivity contribution in [3.8, 4) is 16.8 Å². The van der Waals surface area contributed by atoms with E-state index in [4.69, 9.17) is 26.1 Å². The van der Waals surface area contributed by atoms with Gasteiger partial charge in [0.2, 0.25) is 5.96 Å². The summed E-state index contributed by atoms with van der Waals surface area (Å²) in [6.07, 6.45) is -5.11. The normalized spacial score (nSPS) is 16.5. The zero-order valence-electron chi connectivity index (χ0n) is 33.5. The molecule has 62 heavy (non-hydrogen) atoms.